The van der Waals surface area contributed by atoms with Gasteiger partial charge in [0.1, 0.15) is 0 Å². The first-order valence-electron chi connectivity index (χ1n) is 7.79. The van der Waals surface area contributed by atoms with Gasteiger partial charge in [-0.05, 0) is 37.6 Å². The molecule has 0 N–H and O–H groups in total. The SMILES string of the molecule is CCN1CCN(c2ccc(N3CCCC3)cc2Cl)CC1. The number of hydrogen-bond acceptors (Lipinski definition) is 3. The second kappa shape index (κ2) is 6.23. The van der Waals surface area contributed by atoms with Gasteiger partial charge in [-0.15, -0.1) is 0 Å². The summed E-state index contributed by atoms with van der Waals surface area (Å²) in [4.78, 5) is 7.34. The van der Waals surface area contributed by atoms with Crippen LogP contribution in [0.1, 0.15) is 19.8 Å². The van der Waals surface area contributed by atoms with E-state index in [1.165, 1.54) is 37.3 Å². The molecule has 0 bridgehead atoms. The maximum Gasteiger partial charge on any atom is 0.0660 e. The van der Waals surface area contributed by atoms with Crippen LogP contribution in [-0.4, -0.2) is 50.7 Å². The highest BCUT2D eigenvalue weighted by molar-refractivity contribution is 6.33. The first-order valence-corrected chi connectivity index (χ1v) is 8.17. The van der Waals surface area contributed by atoms with Gasteiger partial charge in [0, 0.05) is 45.0 Å². The molecule has 2 aliphatic rings. The number of piperazine rings is 1. The lowest BCUT2D eigenvalue weighted by molar-refractivity contribution is 0.271. The summed E-state index contributed by atoms with van der Waals surface area (Å²) in [6, 6.07) is 6.59. The predicted octanol–water partition coefficient (Wildman–Crippen LogP) is 3.08. The monoisotopic (exact) mass is 293 g/mol. The zero-order valence-corrected chi connectivity index (χ0v) is 13.1. The average molecular weight is 294 g/mol. The van der Waals surface area contributed by atoms with Crippen molar-refractivity contribution in [3.8, 4) is 0 Å². The van der Waals surface area contributed by atoms with Crippen LogP contribution in [0.5, 0.6) is 0 Å². The Hall–Kier alpha value is -0.930. The number of benzene rings is 1. The highest BCUT2D eigenvalue weighted by atomic mass is 35.5. The van der Waals surface area contributed by atoms with Gasteiger partial charge in [0.25, 0.3) is 0 Å². The van der Waals surface area contributed by atoms with Crippen LogP contribution in [0.3, 0.4) is 0 Å². The highest BCUT2D eigenvalue weighted by Crippen LogP contribution is 2.32. The fourth-order valence-electron chi connectivity index (χ4n) is 3.23. The zero-order valence-electron chi connectivity index (χ0n) is 12.3. The van der Waals surface area contributed by atoms with Crippen molar-refractivity contribution in [2.75, 3.05) is 55.6 Å². The number of rotatable bonds is 3. The second-order valence-corrected chi connectivity index (χ2v) is 6.16. The van der Waals surface area contributed by atoms with Crippen LogP contribution >= 0.6 is 11.6 Å². The maximum absolute atomic E-state index is 6.53. The molecule has 0 amide bonds. The smallest absolute Gasteiger partial charge is 0.0660 e. The van der Waals surface area contributed by atoms with E-state index in [-0.39, 0.29) is 0 Å². The molecule has 3 nitrogen and oxygen atoms in total. The van der Waals surface area contributed by atoms with Crippen molar-refractivity contribution in [1.82, 2.24) is 4.90 Å². The van der Waals surface area contributed by atoms with Crippen LogP contribution < -0.4 is 9.80 Å². The van der Waals surface area contributed by atoms with Crippen molar-refractivity contribution >= 4 is 23.0 Å². The Morgan fingerprint density at radius 3 is 2.25 bits per heavy atom. The highest BCUT2D eigenvalue weighted by Gasteiger charge is 2.19. The molecule has 2 aliphatic heterocycles. The van der Waals surface area contributed by atoms with E-state index >= 15 is 0 Å². The molecule has 0 saturated carbocycles. The molecule has 4 heteroatoms. The Bertz CT molecular complexity index is 449. The Morgan fingerprint density at radius 2 is 1.65 bits per heavy atom. The van der Waals surface area contributed by atoms with Crippen molar-refractivity contribution in [1.29, 1.82) is 0 Å². The number of hydrogen-bond donors (Lipinski definition) is 0. The summed E-state index contributed by atoms with van der Waals surface area (Å²) in [5.41, 5.74) is 2.48. The number of anilines is 2. The fraction of sp³-hybridized carbons (Fsp3) is 0.625. The van der Waals surface area contributed by atoms with E-state index in [2.05, 4.69) is 39.8 Å². The molecule has 0 aliphatic carbocycles. The summed E-state index contributed by atoms with van der Waals surface area (Å²) in [6.45, 7) is 10.2. The van der Waals surface area contributed by atoms with Gasteiger partial charge in [-0.25, -0.2) is 0 Å². The van der Waals surface area contributed by atoms with Crippen LogP contribution in [0.4, 0.5) is 11.4 Å². The van der Waals surface area contributed by atoms with Crippen molar-refractivity contribution < 1.29 is 0 Å². The quantitative estimate of drug-likeness (QED) is 0.848. The largest absolute Gasteiger partial charge is 0.371 e. The average Bonchev–Trinajstić information content (AvgIpc) is 3.01. The van der Waals surface area contributed by atoms with Gasteiger partial charge in [0.15, 0.2) is 0 Å². The zero-order chi connectivity index (χ0) is 13.9. The summed E-state index contributed by atoms with van der Waals surface area (Å²) in [7, 11) is 0. The van der Waals surface area contributed by atoms with Crippen LogP contribution in [-0.2, 0) is 0 Å². The molecule has 0 spiro atoms. The van der Waals surface area contributed by atoms with Crippen molar-refractivity contribution in [3.05, 3.63) is 23.2 Å². The molecular formula is C16H24ClN3. The third-order valence-corrected chi connectivity index (χ3v) is 4.87. The first kappa shape index (κ1) is 14.0. The minimum absolute atomic E-state index is 0.902. The van der Waals surface area contributed by atoms with E-state index < -0.39 is 0 Å². The summed E-state index contributed by atoms with van der Waals surface area (Å²) < 4.78 is 0. The lowest BCUT2D eigenvalue weighted by Crippen LogP contribution is -2.46. The normalized spacial score (nSPS) is 20.7. The third kappa shape index (κ3) is 2.89. The van der Waals surface area contributed by atoms with E-state index in [1.807, 2.05) is 0 Å². The van der Waals surface area contributed by atoms with Crippen molar-refractivity contribution in [2.45, 2.75) is 19.8 Å². The Balaban J connectivity index is 1.71. The number of likely N-dealkylation sites (N-methyl/N-ethyl adjacent to an activating group) is 1. The third-order valence-electron chi connectivity index (χ3n) is 4.56. The first-order chi connectivity index (χ1) is 9.78. The Kier molecular flexibility index (Phi) is 4.37. The molecular weight excluding hydrogens is 270 g/mol. The van der Waals surface area contributed by atoms with E-state index in [0.717, 1.165) is 37.7 Å². The Morgan fingerprint density at radius 1 is 0.950 bits per heavy atom. The number of halogens is 1. The molecule has 0 unspecified atom stereocenters. The lowest BCUT2D eigenvalue weighted by Gasteiger charge is -2.36. The summed E-state index contributed by atoms with van der Waals surface area (Å²) in [5, 5.41) is 0.902. The molecule has 0 atom stereocenters. The second-order valence-electron chi connectivity index (χ2n) is 5.75. The molecule has 20 heavy (non-hydrogen) atoms. The molecule has 0 aromatic heterocycles. The van der Waals surface area contributed by atoms with E-state index in [0.29, 0.717) is 0 Å². The molecule has 1 aromatic rings. The van der Waals surface area contributed by atoms with E-state index in [1.54, 1.807) is 0 Å². The Labute approximate surface area is 127 Å². The minimum Gasteiger partial charge on any atom is -0.371 e. The molecule has 0 radical (unpaired) electrons. The molecule has 2 saturated heterocycles. The van der Waals surface area contributed by atoms with Gasteiger partial charge >= 0.3 is 0 Å². The van der Waals surface area contributed by atoms with E-state index in [4.69, 9.17) is 11.6 Å². The molecule has 110 valence electrons. The predicted molar refractivity (Wildman–Crippen MR) is 87.2 cm³/mol. The lowest BCUT2D eigenvalue weighted by atomic mass is 10.2. The molecule has 2 heterocycles. The fourth-order valence-corrected chi connectivity index (χ4v) is 3.52. The molecule has 3 rings (SSSR count). The molecule has 2 fully saturated rings. The minimum atomic E-state index is 0.902. The van der Waals surface area contributed by atoms with Gasteiger partial charge in [0.2, 0.25) is 0 Å². The van der Waals surface area contributed by atoms with Crippen molar-refractivity contribution in [2.24, 2.45) is 0 Å². The summed E-state index contributed by atoms with van der Waals surface area (Å²) >= 11 is 6.53. The van der Waals surface area contributed by atoms with Crippen LogP contribution in [0.25, 0.3) is 0 Å². The van der Waals surface area contributed by atoms with Gasteiger partial charge in [-0.3, -0.25) is 0 Å². The summed E-state index contributed by atoms with van der Waals surface area (Å²) in [6.07, 6.45) is 2.61. The molecule has 1 aromatic carbocycles. The van der Waals surface area contributed by atoms with Crippen LogP contribution in [0.2, 0.25) is 5.02 Å². The maximum atomic E-state index is 6.53. The standard InChI is InChI=1S/C16H24ClN3/c1-2-18-9-11-20(12-10-18)16-6-5-14(13-15(16)17)19-7-3-4-8-19/h5-6,13H,2-4,7-12H2,1H3. The van der Waals surface area contributed by atoms with Gasteiger partial charge in [-0.1, -0.05) is 18.5 Å². The van der Waals surface area contributed by atoms with Crippen LogP contribution in [0.15, 0.2) is 18.2 Å². The van der Waals surface area contributed by atoms with Gasteiger partial charge < -0.3 is 14.7 Å². The topological polar surface area (TPSA) is 9.72 Å². The van der Waals surface area contributed by atoms with E-state index in [9.17, 15) is 0 Å². The van der Waals surface area contributed by atoms with Gasteiger partial charge in [0.05, 0.1) is 10.7 Å². The van der Waals surface area contributed by atoms with Gasteiger partial charge in [-0.2, -0.15) is 0 Å². The number of nitrogens with zero attached hydrogens (tertiary/aromatic N) is 3. The van der Waals surface area contributed by atoms with Crippen molar-refractivity contribution in [3.63, 3.8) is 0 Å². The van der Waals surface area contributed by atoms with Crippen LogP contribution in [0, 0.1) is 0 Å². The summed E-state index contributed by atoms with van der Waals surface area (Å²) in [5.74, 6) is 0.